The summed E-state index contributed by atoms with van der Waals surface area (Å²) in [6.07, 6.45) is 6.11. The highest BCUT2D eigenvalue weighted by molar-refractivity contribution is 6.04. The number of rotatable bonds is 4. The topological polar surface area (TPSA) is 71.1 Å². The Hall–Kier alpha value is -2.95. The number of pyridine rings is 1. The Labute approximate surface area is 146 Å². The molecule has 2 aliphatic carbocycles. The number of carbonyl (C=O) groups is 2. The van der Waals surface area contributed by atoms with Crippen LogP contribution < -0.4 is 10.6 Å². The summed E-state index contributed by atoms with van der Waals surface area (Å²) in [6.45, 7) is 0. The van der Waals surface area contributed by atoms with Gasteiger partial charge < -0.3 is 10.6 Å². The summed E-state index contributed by atoms with van der Waals surface area (Å²) in [6, 6.07) is 10.1. The monoisotopic (exact) mass is 333 g/mol. The van der Waals surface area contributed by atoms with E-state index in [0.717, 1.165) is 35.1 Å². The number of hydrogen-bond acceptors (Lipinski definition) is 3. The van der Waals surface area contributed by atoms with Gasteiger partial charge in [-0.2, -0.15) is 0 Å². The first-order valence-corrected chi connectivity index (χ1v) is 8.48. The van der Waals surface area contributed by atoms with Crippen LogP contribution in [0.3, 0.4) is 0 Å². The highest BCUT2D eigenvalue weighted by atomic mass is 16.2. The average Bonchev–Trinajstić information content (AvgIpc) is 3.40. The summed E-state index contributed by atoms with van der Waals surface area (Å²) in [4.78, 5) is 28.7. The van der Waals surface area contributed by atoms with Crippen LogP contribution in [0.4, 0.5) is 5.82 Å². The Morgan fingerprint density at radius 2 is 1.92 bits per heavy atom. The second kappa shape index (κ2) is 6.16. The van der Waals surface area contributed by atoms with E-state index < -0.39 is 0 Å². The minimum Gasteiger partial charge on any atom is -0.355 e. The molecule has 2 aliphatic rings. The van der Waals surface area contributed by atoms with Gasteiger partial charge in [-0.25, -0.2) is 4.98 Å². The van der Waals surface area contributed by atoms with Crippen LogP contribution in [0.2, 0.25) is 0 Å². The van der Waals surface area contributed by atoms with Gasteiger partial charge in [-0.3, -0.25) is 9.59 Å². The molecule has 126 valence electrons. The number of aromatic nitrogens is 1. The van der Waals surface area contributed by atoms with Gasteiger partial charge in [0.25, 0.3) is 5.91 Å². The zero-order valence-corrected chi connectivity index (χ0v) is 14.0. The Balaban J connectivity index is 1.74. The quantitative estimate of drug-likeness (QED) is 0.904. The minimum absolute atomic E-state index is 0.0237. The van der Waals surface area contributed by atoms with E-state index in [0.29, 0.717) is 17.8 Å². The van der Waals surface area contributed by atoms with Crippen molar-refractivity contribution in [2.75, 3.05) is 12.4 Å². The first-order valence-electron chi connectivity index (χ1n) is 8.48. The zero-order valence-electron chi connectivity index (χ0n) is 14.0. The van der Waals surface area contributed by atoms with Crippen LogP contribution in [0.15, 0.2) is 36.5 Å². The van der Waals surface area contributed by atoms with Crippen LogP contribution in [0.5, 0.6) is 0 Å². The average molecular weight is 333 g/mol. The fraction of sp³-hybridized carbons (Fsp3) is 0.250. The maximum atomic E-state index is 12.2. The molecule has 1 aromatic carbocycles. The van der Waals surface area contributed by atoms with E-state index in [1.807, 2.05) is 36.4 Å². The third-order valence-corrected chi connectivity index (χ3v) is 4.72. The van der Waals surface area contributed by atoms with E-state index in [4.69, 9.17) is 0 Å². The second-order valence-corrected chi connectivity index (χ2v) is 6.47. The van der Waals surface area contributed by atoms with Crippen molar-refractivity contribution in [2.24, 2.45) is 5.92 Å². The zero-order chi connectivity index (χ0) is 17.4. The van der Waals surface area contributed by atoms with Gasteiger partial charge >= 0.3 is 0 Å². The summed E-state index contributed by atoms with van der Waals surface area (Å²) >= 11 is 0. The maximum absolute atomic E-state index is 12.2. The lowest BCUT2D eigenvalue weighted by atomic mass is 10.0. The van der Waals surface area contributed by atoms with Crippen molar-refractivity contribution in [3.05, 3.63) is 58.8 Å². The van der Waals surface area contributed by atoms with Crippen molar-refractivity contribution in [1.82, 2.24) is 10.3 Å². The van der Waals surface area contributed by atoms with Crippen LogP contribution in [0.25, 0.3) is 11.6 Å². The highest BCUT2D eigenvalue weighted by Gasteiger charge is 2.31. The molecule has 0 bridgehead atoms. The lowest BCUT2D eigenvalue weighted by Gasteiger charge is -2.12. The smallest absolute Gasteiger partial charge is 0.253 e. The molecule has 0 unspecified atom stereocenters. The molecule has 0 spiro atoms. The summed E-state index contributed by atoms with van der Waals surface area (Å²) < 4.78 is 0. The van der Waals surface area contributed by atoms with E-state index in [-0.39, 0.29) is 17.7 Å². The van der Waals surface area contributed by atoms with Gasteiger partial charge in [0, 0.05) is 31.1 Å². The van der Waals surface area contributed by atoms with Gasteiger partial charge in [0.1, 0.15) is 5.82 Å². The number of allylic oxidation sites excluding steroid dienone is 1. The number of nitrogens with one attached hydrogen (secondary N) is 2. The molecule has 0 saturated heterocycles. The fourth-order valence-electron chi connectivity index (χ4n) is 3.15. The summed E-state index contributed by atoms with van der Waals surface area (Å²) in [5.41, 5.74) is 4.53. The molecule has 2 aromatic rings. The SMILES string of the molecule is CNC(=O)c1cnc(NC(=O)C2CC2)c2c1C=C(c1ccccc1)C2. The van der Waals surface area contributed by atoms with Crippen LogP contribution in [0, 0.1) is 5.92 Å². The molecular formula is C20H19N3O2. The molecule has 4 rings (SSSR count). The van der Waals surface area contributed by atoms with Crippen molar-refractivity contribution in [1.29, 1.82) is 0 Å². The van der Waals surface area contributed by atoms with Gasteiger partial charge in [0.05, 0.1) is 5.56 Å². The van der Waals surface area contributed by atoms with Crippen LogP contribution >= 0.6 is 0 Å². The van der Waals surface area contributed by atoms with Crippen molar-refractivity contribution in [3.8, 4) is 0 Å². The number of benzene rings is 1. The standard InChI is InChI=1S/C20H19N3O2/c1-21-20(25)17-11-22-18(23-19(24)13-7-8-13)16-10-14(9-15(16)17)12-5-3-2-4-6-12/h2-6,9,11,13H,7-8,10H2,1H3,(H,21,25)(H,22,23,24). The van der Waals surface area contributed by atoms with E-state index in [1.165, 1.54) is 0 Å². The van der Waals surface area contributed by atoms with Crippen molar-refractivity contribution in [2.45, 2.75) is 19.3 Å². The molecule has 1 aromatic heterocycles. The molecule has 2 N–H and O–H groups in total. The number of amides is 2. The highest BCUT2D eigenvalue weighted by Crippen LogP contribution is 2.37. The lowest BCUT2D eigenvalue weighted by Crippen LogP contribution is -2.21. The molecule has 25 heavy (non-hydrogen) atoms. The normalized spacial score (nSPS) is 15.3. The van der Waals surface area contributed by atoms with Crippen LogP contribution in [-0.4, -0.2) is 23.8 Å². The first-order chi connectivity index (χ1) is 12.2. The molecule has 1 heterocycles. The van der Waals surface area contributed by atoms with Gasteiger partial charge in [-0.1, -0.05) is 30.3 Å². The molecule has 5 nitrogen and oxygen atoms in total. The summed E-state index contributed by atoms with van der Waals surface area (Å²) in [5, 5.41) is 5.60. The minimum atomic E-state index is -0.172. The number of anilines is 1. The summed E-state index contributed by atoms with van der Waals surface area (Å²) in [7, 11) is 1.61. The number of carbonyl (C=O) groups excluding carboxylic acids is 2. The largest absolute Gasteiger partial charge is 0.355 e. The number of hydrogen-bond donors (Lipinski definition) is 2. The Kier molecular flexibility index (Phi) is 3.84. The van der Waals surface area contributed by atoms with Crippen molar-refractivity contribution < 1.29 is 9.59 Å². The van der Waals surface area contributed by atoms with Gasteiger partial charge in [-0.15, -0.1) is 0 Å². The van der Waals surface area contributed by atoms with E-state index in [2.05, 4.69) is 15.6 Å². The molecule has 1 fully saturated rings. The molecule has 2 amide bonds. The molecule has 1 saturated carbocycles. The second-order valence-electron chi connectivity index (χ2n) is 6.47. The number of fused-ring (bicyclic) bond motifs is 1. The van der Waals surface area contributed by atoms with Crippen molar-refractivity contribution >= 4 is 29.3 Å². The van der Waals surface area contributed by atoms with Gasteiger partial charge in [0.15, 0.2) is 0 Å². The molecule has 0 radical (unpaired) electrons. The number of nitrogens with zero attached hydrogens (tertiary/aromatic N) is 1. The third kappa shape index (κ3) is 2.93. The molecule has 0 atom stereocenters. The maximum Gasteiger partial charge on any atom is 0.253 e. The predicted molar refractivity (Wildman–Crippen MR) is 97.0 cm³/mol. The third-order valence-electron chi connectivity index (χ3n) is 4.72. The van der Waals surface area contributed by atoms with Gasteiger partial charge in [-0.05, 0) is 35.6 Å². The molecular weight excluding hydrogens is 314 g/mol. The fourth-order valence-corrected chi connectivity index (χ4v) is 3.15. The van der Waals surface area contributed by atoms with E-state index in [9.17, 15) is 9.59 Å². The Bertz CT molecular complexity index is 883. The van der Waals surface area contributed by atoms with Crippen LogP contribution in [0.1, 0.15) is 39.9 Å². The van der Waals surface area contributed by atoms with Gasteiger partial charge in [0.2, 0.25) is 5.91 Å². The lowest BCUT2D eigenvalue weighted by molar-refractivity contribution is -0.117. The van der Waals surface area contributed by atoms with Crippen LogP contribution in [-0.2, 0) is 11.2 Å². The first kappa shape index (κ1) is 15.6. The Morgan fingerprint density at radius 3 is 2.60 bits per heavy atom. The van der Waals surface area contributed by atoms with E-state index >= 15 is 0 Å². The Morgan fingerprint density at radius 1 is 1.16 bits per heavy atom. The summed E-state index contributed by atoms with van der Waals surface area (Å²) in [5.74, 6) is 0.533. The van der Waals surface area contributed by atoms with Crippen molar-refractivity contribution in [3.63, 3.8) is 0 Å². The van der Waals surface area contributed by atoms with E-state index in [1.54, 1.807) is 13.2 Å². The predicted octanol–water partition coefficient (Wildman–Crippen LogP) is 2.89. The molecule has 5 heteroatoms. The molecule has 0 aliphatic heterocycles.